The van der Waals surface area contributed by atoms with Gasteiger partial charge in [0.15, 0.2) is 5.65 Å². The maximum atomic E-state index is 12.7. The lowest BCUT2D eigenvalue weighted by Gasteiger charge is -2.43. The first kappa shape index (κ1) is 19.1. The molecule has 154 valence electrons. The average Bonchev–Trinajstić information content (AvgIpc) is 3.15. The third kappa shape index (κ3) is 3.14. The lowest BCUT2D eigenvalue weighted by atomic mass is 10.1. The second-order valence-electron chi connectivity index (χ2n) is 8.01. The second-order valence-corrected chi connectivity index (χ2v) is 8.42. The smallest absolute Gasteiger partial charge is 0.347 e. The first-order chi connectivity index (χ1) is 14.4. The summed E-state index contributed by atoms with van der Waals surface area (Å²) in [5, 5.41) is 1.28. The molecule has 0 radical (unpaired) electrons. The molecule has 0 N–H and O–H groups in total. The van der Waals surface area contributed by atoms with Crippen molar-refractivity contribution in [1.29, 1.82) is 0 Å². The molecule has 0 amide bonds. The van der Waals surface area contributed by atoms with Gasteiger partial charge in [0.2, 0.25) is 5.71 Å². The van der Waals surface area contributed by atoms with Crippen LogP contribution in [0.2, 0.25) is 5.02 Å². The highest BCUT2D eigenvalue weighted by molar-refractivity contribution is 6.33. The van der Waals surface area contributed by atoms with E-state index in [1.54, 1.807) is 22.7 Å². The summed E-state index contributed by atoms with van der Waals surface area (Å²) in [5.41, 5.74) is 1.37. The molecule has 1 aliphatic heterocycles. The van der Waals surface area contributed by atoms with Crippen LogP contribution in [0.5, 0.6) is 0 Å². The number of nitrogens with zero attached hydrogens (tertiary/aromatic N) is 5. The topological polar surface area (TPSA) is 66.9 Å². The van der Waals surface area contributed by atoms with E-state index < -0.39 is 5.63 Å². The van der Waals surface area contributed by atoms with Gasteiger partial charge in [-0.3, -0.25) is 4.90 Å². The Morgan fingerprint density at radius 1 is 1.13 bits per heavy atom. The fourth-order valence-electron chi connectivity index (χ4n) is 4.06. The van der Waals surface area contributed by atoms with Crippen LogP contribution < -0.4 is 10.5 Å². The lowest BCUT2D eigenvalue weighted by Crippen LogP contribution is -2.55. The van der Waals surface area contributed by atoms with E-state index in [-0.39, 0.29) is 0 Å². The normalized spacial score (nSPS) is 20.3. The molecule has 0 saturated carbocycles. The largest absolute Gasteiger partial charge is 0.403 e. The molecule has 4 aromatic rings. The van der Waals surface area contributed by atoms with E-state index in [0.717, 1.165) is 24.3 Å². The molecule has 1 saturated heterocycles. The maximum absolute atomic E-state index is 12.7. The van der Waals surface area contributed by atoms with E-state index in [1.807, 2.05) is 24.4 Å². The van der Waals surface area contributed by atoms with Crippen molar-refractivity contribution in [2.45, 2.75) is 25.9 Å². The molecular weight excluding hydrogens is 402 g/mol. The van der Waals surface area contributed by atoms with Gasteiger partial charge in [0, 0.05) is 43.0 Å². The van der Waals surface area contributed by atoms with Crippen LogP contribution in [0.25, 0.3) is 28.0 Å². The summed E-state index contributed by atoms with van der Waals surface area (Å²) in [6, 6.07) is 10.1. The van der Waals surface area contributed by atoms with Crippen molar-refractivity contribution in [3.8, 4) is 11.3 Å². The van der Waals surface area contributed by atoms with Crippen LogP contribution in [0.1, 0.15) is 13.8 Å². The van der Waals surface area contributed by atoms with Gasteiger partial charge in [-0.1, -0.05) is 11.6 Å². The van der Waals surface area contributed by atoms with Gasteiger partial charge in [0.25, 0.3) is 0 Å². The predicted octanol–water partition coefficient (Wildman–Crippen LogP) is 3.68. The molecule has 0 aromatic carbocycles. The molecule has 8 heteroatoms. The number of rotatable bonds is 2. The summed E-state index contributed by atoms with van der Waals surface area (Å²) in [5.74, 6) is 0.824. The Balaban J connectivity index is 1.56. The number of halogens is 1. The molecule has 30 heavy (non-hydrogen) atoms. The number of hydrogen-bond acceptors (Lipinski definition) is 6. The number of aromatic nitrogens is 3. The Morgan fingerprint density at radius 3 is 2.77 bits per heavy atom. The first-order valence-electron chi connectivity index (χ1n) is 9.96. The van der Waals surface area contributed by atoms with Crippen LogP contribution in [0.15, 0.2) is 51.9 Å². The molecule has 2 atom stereocenters. The summed E-state index contributed by atoms with van der Waals surface area (Å²) < 4.78 is 7.39. The Labute approximate surface area is 178 Å². The summed E-state index contributed by atoms with van der Waals surface area (Å²) in [7, 11) is 2.14. The quantitative estimate of drug-likeness (QED) is 0.490. The molecule has 0 unspecified atom stereocenters. The summed E-state index contributed by atoms with van der Waals surface area (Å²) in [4.78, 5) is 26.5. The van der Waals surface area contributed by atoms with Gasteiger partial charge in [-0.05, 0) is 51.2 Å². The average molecular weight is 424 g/mol. The van der Waals surface area contributed by atoms with Crippen molar-refractivity contribution in [3.05, 3.63) is 58.2 Å². The van der Waals surface area contributed by atoms with Gasteiger partial charge in [0.1, 0.15) is 5.82 Å². The van der Waals surface area contributed by atoms with Crippen molar-refractivity contribution in [2.75, 3.05) is 25.0 Å². The number of piperazine rings is 1. The number of imidazole rings is 1. The molecule has 7 nitrogen and oxygen atoms in total. The SMILES string of the molecule is C[C@@H]1CN(C)[C@@H](C)CN1c1ccc2cc(-c3cn4cccc(Cl)c4n3)c(=O)oc2n1. The number of hydrogen-bond donors (Lipinski definition) is 0. The van der Waals surface area contributed by atoms with Crippen molar-refractivity contribution in [1.82, 2.24) is 19.3 Å². The minimum Gasteiger partial charge on any atom is -0.403 e. The van der Waals surface area contributed by atoms with E-state index >= 15 is 0 Å². The minimum absolute atomic E-state index is 0.324. The molecule has 5 heterocycles. The van der Waals surface area contributed by atoms with Crippen LogP contribution in [-0.4, -0.2) is 51.5 Å². The molecular formula is C22H22ClN5O2. The molecule has 0 aliphatic carbocycles. The van der Waals surface area contributed by atoms with Crippen LogP contribution >= 0.6 is 11.6 Å². The molecule has 5 rings (SSSR count). The Bertz CT molecular complexity index is 1310. The zero-order chi connectivity index (χ0) is 21.0. The number of pyridine rings is 2. The van der Waals surface area contributed by atoms with Gasteiger partial charge < -0.3 is 13.7 Å². The Hall–Kier alpha value is -2.90. The highest BCUT2D eigenvalue weighted by Crippen LogP contribution is 2.26. The van der Waals surface area contributed by atoms with E-state index in [2.05, 4.69) is 40.7 Å². The first-order valence-corrected chi connectivity index (χ1v) is 10.3. The fourth-order valence-corrected chi connectivity index (χ4v) is 4.27. The minimum atomic E-state index is -0.466. The van der Waals surface area contributed by atoms with Crippen LogP contribution in [0.3, 0.4) is 0 Å². The van der Waals surface area contributed by atoms with Crippen LogP contribution in [-0.2, 0) is 0 Å². The van der Waals surface area contributed by atoms with E-state index in [4.69, 9.17) is 16.0 Å². The van der Waals surface area contributed by atoms with E-state index in [9.17, 15) is 4.79 Å². The van der Waals surface area contributed by atoms with Gasteiger partial charge in [-0.25, -0.2) is 9.78 Å². The summed E-state index contributed by atoms with van der Waals surface area (Å²) in [6.07, 6.45) is 3.61. The Kier molecular flexibility index (Phi) is 4.52. The van der Waals surface area contributed by atoms with Gasteiger partial charge >= 0.3 is 5.63 Å². The van der Waals surface area contributed by atoms with Crippen molar-refractivity contribution < 1.29 is 4.42 Å². The number of likely N-dealkylation sites (N-methyl/N-ethyl adjacent to an activating group) is 1. The lowest BCUT2D eigenvalue weighted by molar-refractivity contribution is 0.205. The van der Waals surface area contributed by atoms with Crippen molar-refractivity contribution in [2.24, 2.45) is 0 Å². The van der Waals surface area contributed by atoms with E-state index in [1.165, 1.54) is 0 Å². The molecule has 1 fully saturated rings. The van der Waals surface area contributed by atoms with Gasteiger partial charge in [-0.2, -0.15) is 4.98 Å². The third-order valence-electron chi connectivity index (χ3n) is 5.89. The third-order valence-corrected chi connectivity index (χ3v) is 6.18. The number of fused-ring (bicyclic) bond motifs is 2. The van der Waals surface area contributed by atoms with Gasteiger partial charge in [-0.15, -0.1) is 0 Å². The van der Waals surface area contributed by atoms with Crippen molar-refractivity contribution in [3.63, 3.8) is 0 Å². The highest BCUT2D eigenvalue weighted by atomic mass is 35.5. The zero-order valence-corrected chi connectivity index (χ0v) is 17.8. The number of anilines is 1. The molecule has 0 spiro atoms. The van der Waals surface area contributed by atoms with E-state index in [0.29, 0.717) is 39.7 Å². The fraction of sp³-hybridized carbons (Fsp3) is 0.318. The standard InChI is InChI=1S/C22H22ClN5O2/c1-13-11-28(14(2)10-26(13)3)19-7-6-15-9-16(22(29)30-21(15)25-19)18-12-27-8-4-5-17(23)20(27)24-18/h4-9,12-14H,10-11H2,1-3H3/t13-,14+/m0/s1. The zero-order valence-electron chi connectivity index (χ0n) is 17.0. The van der Waals surface area contributed by atoms with Crippen molar-refractivity contribution >= 4 is 34.2 Å². The Morgan fingerprint density at radius 2 is 1.97 bits per heavy atom. The monoisotopic (exact) mass is 423 g/mol. The molecule has 0 bridgehead atoms. The van der Waals surface area contributed by atoms with Crippen LogP contribution in [0.4, 0.5) is 5.82 Å². The highest BCUT2D eigenvalue weighted by Gasteiger charge is 2.27. The summed E-state index contributed by atoms with van der Waals surface area (Å²) in [6.45, 7) is 6.22. The molecule has 1 aliphatic rings. The van der Waals surface area contributed by atoms with Crippen LogP contribution in [0, 0.1) is 0 Å². The predicted molar refractivity (Wildman–Crippen MR) is 118 cm³/mol. The summed E-state index contributed by atoms with van der Waals surface area (Å²) >= 11 is 6.21. The maximum Gasteiger partial charge on any atom is 0.347 e. The van der Waals surface area contributed by atoms with Gasteiger partial charge in [0.05, 0.1) is 16.3 Å². The molecule has 4 aromatic heterocycles. The second kappa shape index (κ2) is 7.11.